The van der Waals surface area contributed by atoms with Crippen LogP contribution in [0.1, 0.15) is 18.1 Å². The number of rotatable bonds is 4. The number of anilines is 1. The van der Waals surface area contributed by atoms with Gasteiger partial charge in [0, 0.05) is 19.1 Å². The highest BCUT2D eigenvalue weighted by molar-refractivity contribution is 7.22. The summed E-state index contributed by atoms with van der Waals surface area (Å²) in [6, 6.07) is 11.8. The van der Waals surface area contributed by atoms with Crippen LogP contribution in [0.2, 0.25) is 0 Å². The van der Waals surface area contributed by atoms with Crippen molar-refractivity contribution in [3.8, 4) is 0 Å². The molecule has 0 spiro atoms. The summed E-state index contributed by atoms with van der Waals surface area (Å²) in [4.78, 5) is 26.6. The fourth-order valence-corrected chi connectivity index (χ4v) is 3.25. The van der Waals surface area contributed by atoms with Gasteiger partial charge in [-0.3, -0.25) is 14.9 Å². The van der Waals surface area contributed by atoms with Crippen molar-refractivity contribution in [3.63, 3.8) is 0 Å². The van der Waals surface area contributed by atoms with E-state index in [-0.39, 0.29) is 11.6 Å². The van der Waals surface area contributed by atoms with Gasteiger partial charge < -0.3 is 0 Å². The number of non-ortho nitro benzene ring substituents is 1. The fourth-order valence-electron chi connectivity index (χ4n) is 2.18. The molecular weight excluding hydrogens is 340 g/mol. The second-order valence-electron chi connectivity index (χ2n) is 5.39. The number of amides is 1. The summed E-state index contributed by atoms with van der Waals surface area (Å²) in [6.45, 7) is 3.40. The predicted molar refractivity (Wildman–Crippen MR) is 98.2 cm³/mol. The van der Waals surface area contributed by atoms with E-state index in [1.807, 2.05) is 25.1 Å². The van der Waals surface area contributed by atoms with E-state index >= 15 is 0 Å². The lowest BCUT2D eigenvalue weighted by molar-refractivity contribution is -0.384. The van der Waals surface area contributed by atoms with Crippen LogP contribution in [0, 0.1) is 17.0 Å². The molecule has 25 heavy (non-hydrogen) atoms. The lowest BCUT2D eigenvalue weighted by atomic mass is 10.2. The number of aromatic nitrogens is 1. The van der Waals surface area contributed by atoms with E-state index in [1.54, 1.807) is 12.1 Å². The molecule has 0 radical (unpaired) electrons. The number of thiazole rings is 1. The molecule has 0 saturated carbocycles. The van der Waals surface area contributed by atoms with E-state index in [4.69, 9.17) is 0 Å². The van der Waals surface area contributed by atoms with Crippen LogP contribution in [0.25, 0.3) is 10.2 Å². The smallest absolute Gasteiger partial charge is 0.269 e. The summed E-state index contributed by atoms with van der Waals surface area (Å²) >= 11 is 1.38. The van der Waals surface area contributed by atoms with Gasteiger partial charge in [-0.15, -0.1) is 0 Å². The molecule has 3 rings (SSSR count). The molecule has 7 nitrogen and oxygen atoms in total. The average Bonchev–Trinajstić information content (AvgIpc) is 2.97. The van der Waals surface area contributed by atoms with E-state index in [0.717, 1.165) is 15.8 Å². The first kappa shape index (κ1) is 16.7. The maximum absolute atomic E-state index is 11.9. The number of aryl methyl sites for hydroxylation is 1. The van der Waals surface area contributed by atoms with Gasteiger partial charge in [0.15, 0.2) is 0 Å². The van der Waals surface area contributed by atoms with Crippen LogP contribution in [0.3, 0.4) is 0 Å². The molecule has 1 heterocycles. The van der Waals surface area contributed by atoms with E-state index in [2.05, 4.69) is 10.1 Å². The first-order valence-electron chi connectivity index (χ1n) is 7.40. The maximum atomic E-state index is 11.9. The SMILES string of the molecule is CC(=O)N(/N=C\c1ccc([N+](=O)[O-])cc1)c1nc2ccc(C)cc2s1. The van der Waals surface area contributed by atoms with E-state index < -0.39 is 4.92 Å². The Morgan fingerprint density at radius 3 is 2.64 bits per heavy atom. The molecule has 126 valence electrons. The van der Waals surface area contributed by atoms with Gasteiger partial charge in [-0.1, -0.05) is 17.4 Å². The monoisotopic (exact) mass is 354 g/mol. The molecule has 0 aliphatic heterocycles. The number of carbonyl (C=O) groups is 1. The molecule has 0 saturated heterocycles. The lowest BCUT2D eigenvalue weighted by Crippen LogP contribution is -2.22. The van der Waals surface area contributed by atoms with Gasteiger partial charge in [0.05, 0.1) is 21.4 Å². The summed E-state index contributed by atoms with van der Waals surface area (Å²) in [5.41, 5.74) is 2.57. The molecule has 1 amide bonds. The number of carbonyl (C=O) groups excluding carboxylic acids is 1. The van der Waals surface area contributed by atoms with Crippen molar-refractivity contribution < 1.29 is 9.72 Å². The summed E-state index contributed by atoms with van der Waals surface area (Å²) in [6.07, 6.45) is 1.47. The van der Waals surface area contributed by atoms with E-state index in [1.165, 1.54) is 41.6 Å². The van der Waals surface area contributed by atoms with Crippen LogP contribution in [0.4, 0.5) is 10.8 Å². The van der Waals surface area contributed by atoms with Gasteiger partial charge in [0.1, 0.15) is 0 Å². The Morgan fingerprint density at radius 2 is 2.00 bits per heavy atom. The first-order valence-corrected chi connectivity index (χ1v) is 8.22. The highest BCUT2D eigenvalue weighted by atomic mass is 32.1. The average molecular weight is 354 g/mol. The third-order valence-corrected chi connectivity index (χ3v) is 4.43. The molecule has 0 fully saturated rings. The normalized spacial score (nSPS) is 11.1. The van der Waals surface area contributed by atoms with Crippen molar-refractivity contribution in [2.45, 2.75) is 13.8 Å². The van der Waals surface area contributed by atoms with Gasteiger partial charge in [-0.25, -0.2) is 4.98 Å². The Hall–Kier alpha value is -3.13. The molecule has 3 aromatic rings. The molecule has 1 aromatic heterocycles. The van der Waals surface area contributed by atoms with Gasteiger partial charge in [0.25, 0.3) is 5.69 Å². The number of hydrogen-bond acceptors (Lipinski definition) is 6. The number of nitro groups is 1. The van der Waals surface area contributed by atoms with Gasteiger partial charge in [-0.2, -0.15) is 10.1 Å². The van der Waals surface area contributed by atoms with Crippen molar-refractivity contribution in [1.29, 1.82) is 0 Å². The van der Waals surface area contributed by atoms with Crippen LogP contribution in [0.5, 0.6) is 0 Å². The van der Waals surface area contributed by atoms with Crippen LogP contribution in [-0.4, -0.2) is 22.0 Å². The van der Waals surface area contributed by atoms with Crippen molar-refractivity contribution in [1.82, 2.24) is 4.98 Å². The summed E-state index contributed by atoms with van der Waals surface area (Å²) in [7, 11) is 0. The third-order valence-electron chi connectivity index (χ3n) is 3.44. The van der Waals surface area contributed by atoms with Crippen molar-refractivity contribution in [3.05, 3.63) is 63.7 Å². The molecular formula is C17H14N4O3S. The molecule has 0 aliphatic carbocycles. The zero-order valence-corrected chi connectivity index (χ0v) is 14.4. The first-order chi connectivity index (χ1) is 11.9. The van der Waals surface area contributed by atoms with Crippen LogP contribution in [-0.2, 0) is 4.79 Å². The largest absolute Gasteiger partial charge is 0.273 e. The Morgan fingerprint density at radius 1 is 1.28 bits per heavy atom. The van der Waals surface area contributed by atoms with Crippen LogP contribution in [0.15, 0.2) is 47.6 Å². The lowest BCUT2D eigenvalue weighted by Gasteiger charge is -2.10. The highest BCUT2D eigenvalue weighted by Crippen LogP contribution is 2.29. The van der Waals surface area contributed by atoms with E-state index in [0.29, 0.717) is 10.7 Å². The summed E-state index contributed by atoms with van der Waals surface area (Å²) in [5, 5.41) is 16.6. The summed E-state index contributed by atoms with van der Waals surface area (Å²) < 4.78 is 0.979. The molecule has 2 aromatic carbocycles. The highest BCUT2D eigenvalue weighted by Gasteiger charge is 2.15. The zero-order chi connectivity index (χ0) is 18.0. The number of benzene rings is 2. The minimum atomic E-state index is -0.466. The van der Waals surface area contributed by atoms with Crippen LogP contribution >= 0.6 is 11.3 Å². The van der Waals surface area contributed by atoms with Crippen molar-refractivity contribution in [2.75, 3.05) is 5.01 Å². The molecule has 0 unspecified atom stereocenters. The van der Waals surface area contributed by atoms with Gasteiger partial charge in [0.2, 0.25) is 11.0 Å². The minimum absolute atomic E-state index is 0.00196. The Kier molecular flexibility index (Phi) is 4.53. The second kappa shape index (κ2) is 6.78. The molecule has 0 bridgehead atoms. The van der Waals surface area contributed by atoms with Gasteiger partial charge >= 0.3 is 0 Å². The predicted octanol–water partition coefficient (Wildman–Crippen LogP) is 3.90. The fraction of sp³-hybridized carbons (Fsp3) is 0.118. The van der Waals surface area contributed by atoms with Crippen molar-refractivity contribution in [2.24, 2.45) is 5.10 Å². The number of hydrogen-bond donors (Lipinski definition) is 0. The molecule has 0 aliphatic rings. The molecule has 0 N–H and O–H groups in total. The molecule has 0 atom stereocenters. The Balaban J connectivity index is 1.89. The topological polar surface area (TPSA) is 88.7 Å². The Labute approximate surface area is 147 Å². The minimum Gasteiger partial charge on any atom is -0.273 e. The Bertz CT molecular complexity index is 979. The number of fused-ring (bicyclic) bond motifs is 1. The molecule has 8 heteroatoms. The number of nitrogens with zero attached hydrogens (tertiary/aromatic N) is 4. The second-order valence-corrected chi connectivity index (χ2v) is 6.40. The third kappa shape index (κ3) is 3.69. The summed E-state index contributed by atoms with van der Waals surface area (Å²) in [5.74, 6) is -0.270. The van der Waals surface area contributed by atoms with Gasteiger partial charge in [-0.05, 0) is 42.3 Å². The van der Waals surface area contributed by atoms with Crippen LogP contribution < -0.4 is 5.01 Å². The quantitative estimate of drug-likeness (QED) is 0.404. The maximum Gasteiger partial charge on any atom is 0.269 e. The van der Waals surface area contributed by atoms with Crippen molar-refractivity contribution >= 4 is 44.5 Å². The van der Waals surface area contributed by atoms with E-state index in [9.17, 15) is 14.9 Å². The number of nitro benzene ring substituents is 1. The number of hydrazone groups is 1. The standard InChI is InChI=1S/C17H14N4O3S/c1-11-3-8-15-16(9-11)25-17(19-15)20(12(2)22)18-10-13-4-6-14(7-5-13)21(23)24/h3-10H,1-2H3/b18-10-. The zero-order valence-electron chi connectivity index (χ0n) is 13.5.